The lowest BCUT2D eigenvalue weighted by molar-refractivity contribution is -0.116. The molecule has 3 rings (SSSR count). The first kappa shape index (κ1) is 22.2. The molecule has 0 aromatic heterocycles. The Hall–Kier alpha value is -3.51. The Morgan fingerprint density at radius 1 is 0.903 bits per heavy atom. The maximum atomic E-state index is 12.5. The number of benzene rings is 3. The lowest BCUT2D eigenvalue weighted by Gasteiger charge is -2.17. The van der Waals surface area contributed by atoms with Gasteiger partial charge >= 0.3 is 0 Å². The normalized spacial score (nSPS) is 11.4. The Morgan fingerprint density at radius 2 is 1.58 bits per heavy atom. The largest absolute Gasteiger partial charge is 0.495 e. The SMILES string of the molecule is COc1ccccc1NC(=O)c1ccc(NC(=O)C(C)Nc2cccc(Cl)c2C)cc1. The quantitative estimate of drug-likeness (QED) is 0.465. The molecule has 31 heavy (non-hydrogen) atoms. The number of nitrogens with one attached hydrogen (secondary N) is 3. The second-order valence-electron chi connectivity index (χ2n) is 7.00. The van der Waals surface area contributed by atoms with Crippen LogP contribution in [-0.2, 0) is 4.79 Å². The summed E-state index contributed by atoms with van der Waals surface area (Å²) in [5.74, 6) is 0.107. The standard InChI is InChI=1S/C24H24ClN3O3/c1-15-19(25)7-6-9-20(15)26-16(2)23(29)27-18-13-11-17(12-14-18)24(30)28-21-8-4-5-10-22(21)31-3/h4-14,16,26H,1-3H3,(H,27,29)(H,28,30). The van der Waals surface area contributed by atoms with Crippen molar-refractivity contribution in [1.29, 1.82) is 0 Å². The minimum Gasteiger partial charge on any atom is -0.495 e. The summed E-state index contributed by atoms with van der Waals surface area (Å²) in [7, 11) is 1.55. The van der Waals surface area contributed by atoms with Crippen molar-refractivity contribution < 1.29 is 14.3 Å². The Labute approximate surface area is 186 Å². The molecule has 0 saturated carbocycles. The number of carbonyl (C=O) groups is 2. The predicted octanol–water partition coefficient (Wildman–Crippen LogP) is 5.35. The van der Waals surface area contributed by atoms with Crippen LogP contribution >= 0.6 is 11.6 Å². The van der Waals surface area contributed by atoms with Crippen molar-refractivity contribution in [1.82, 2.24) is 0 Å². The summed E-state index contributed by atoms with van der Waals surface area (Å²) in [6.45, 7) is 3.66. The van der Waals surface area contributed by atoms with Gasteiger partial charge in [0.05, 0.1) is 12.8 Å². The summed E-state index contributed by atoms with van der Waals surface area (Å²) in [5, 5.41) is 9.47. The molecule has 0 fully saturated rings. The first-order valence-corrected chi connectivity index (χ1v) is 10.1. The number of methoxy groups -OCH3 is 1. The number of amides is 2. The number of para-hydroxylation sites is 2. The summed E-state index contributed by atoms with van der Waals surface area (Å²) in [4.78, 5) is 25.1. The van der Waals surface area contributed by atoms with Crippen LogP contribution in [0, 0.1) is 6.92 Å². The van der Waals surface area contributed by atoms with Crippen LogP contribution in [0.4, 0.5) is 17.1 Å². The Balaban J connectivity index is 1.61. The molecule has 0 saturated heterocycles. The molecule has 1 unspecified atom stereocenters. The van der Waals surface area contributed by atoms with E-state index in [-0.39, 0.29) is 11.8 Å². The van der Waals surface area contributed by atoms with Gasteiger partial charge in [0.1, 0.15) is 11.8 Å². The molecule has 1 atom stereocenters. The minimum absolute atomic E-state index is 0.203. The van der Waals surface area contributed by atoms with E-state index >= 15 is 0 Å². The van der Waals surface area contributed by atoms with Gasteiger partial charge in [-0.15, -0.1) is 0 Å². The molecule has 0 aliphatic heterocycles. The molecule has 160 valence electrons. The molecule has 2 amide bonds. The molecule has 0 bridgehead atoms. The average molecular weight is 438 g/mol. The number of anilines is 3. The molecule has 0 radical (unpaired) electrons. The van der Waals surface area contributed by atoms with E-state index in [1.807, 2.05) is 31.2 Å². The maximum absolute atomic E-state index is 12.5. The lowest BCUT2D eigenvalue weighted by atomic mass is 10.1. The summed E-state index contributed by atoms with van der Waals surface area (Å²) >= 11 is 6.13. The zero-order valence-electron chi connectivity index (χ0n) is 17.5. The monoisotopic (exact) mass is 437 g/mol. The number of ether oxygens (including phenoxy) is 1. The zero-order chi connectivity index (χ0) is 22.4. The van der Waals surface area contributed by atoms with Gasteiger partial charge < -0.3 is 20.7 Å². The Kier molecular flexibility index (Phi) is 7.15. The minimum atomic E-state index is -0.481. The van der Waals surface area contributed by atoms with Crippen LogP contribution < -0.4 is 20.7 Å². The van der Waals surface area contributed by atoms with Crippen LogP contribution in [-0.4, -0.2) is 25.0 Å². The number of hydrogen-bond donors (Lipinski definition) is 3. The van der Waals surface area contributed by atoms with E-state index in [0.717, 1.165) is 11.3 Å². The summed E-state index contributed by atoms with van der Waals surface area (Å²) in [6, 6.07) is 18.9. The van der Waals surface area contributed by atoms with Crippen molar-refractivity contribution in [3.05, 3.63) is 82.9 Å². The van der Waals surface area contributed by atoms with Gasteiger partial charge in [0.15, 0.2) is 0 Å². The van der Waals surface area contributed by atoms with Gasteiger partial charge in [0.25, 0.3) is 5.91 Å². The smallest absolute Gasteiger partial charge is 0.255 e. The van der Waals surface area contributed by atoms with E-state index in [0.29, 0.717) is 27.7 Å². The first-order valence-electron chi connectivity index (χ1n) is 9.76. The molecule has 3 aromatic carbocycles. The van der Waals surface area contributed by atoms with Gasteiger partial charge in [-0.3, -0.25) is 9.59 Å². The zero-order valence-corrected chi connectivity index (χ0v) is 18.3. The molecule has 3 aromatic rings. The van der Waals surface area contributed by atoms with Crippen molar-refractivity contribution in [2.75, 3.05) is 23.1 Å². The van der Waals surface area contributed by atoms with E-state index in [4.69, 9.17) is 16.3 Å². The summed E-state index contributed by atoms with van der Waals surface area (Å²) < 4.78 is 5.25. The molecule has 3 N–H and O–H groups in total. The first-order chi connectivity index (χ1) is 14.9. The second-order valence-corrected chi connectivity index (χ2v) is 7.41. The third-order valence-corrected chi connectivity index (χ3v) is 5.21. The van der Waals surface area contributed by atoms with E-state index in [2.05, 4.69) is 16.0 Å². The van der Waals surface area contributed by atoms with Crippen LogP contribution in [0.3, 0.4) is 0 Å². The van der Waals surface area contributed by atoms with Crippen molar-refractivity contribution >= 4 is 40.5 Å². The summed E-state index contributed by atoms with van der Waals surface area (Å²) in [5.41, 5.74) is 3.33. The fourth-order valence-electron chi connectivity index (χ4n) is 2.96. The highest BCUT2D eigenvalue weighted by molar-refractivity contribution is 6.31. The lowest BCUT2D eigenvalue weighted by Crippen LogP contribution is -2.32. The Morgan fingerprint density at radius 3 is 2.29 bits per heavy atom. The van der Waals surface area contributed by atoms with Gasteiger partial charge in [0, 0.05) is 22.0 Å². The van der Waals surface area contributed by atoms with E-state index in [1.165, 1.54) is 0 Å². The van der Waals surface area contributed by atoms with Crippen molar-refractivity contribution in [2.24, 2.45) is 0 Å². The van der Waals surface area contributed by atoms with Crippen molar-refractivity contribution in [3.63, 3.8) is 0 Å². The molecule has 6 nitrogen and oxygen atoms in total. The van der Waals surface area contributed by atoms with Crippen LogP contribution in [0.25, 0.3) is 0 Å². The third kappa shape index (κ3) is 5.55. The highest BCUT2D eigenvalue weighted by Gasteiger charge is 2.15. The molecule has 0 heterocycles. The van der Waals surface area contributed by atoms with Gasteiger partial charge in [0.2, 0.25) is 5.91 Å². The maximum Gasteiger partial charge on any atom is 0.255 e. The highest BCUT2D eigenvalue weighted by Crippen LogP contribution is 2.25. The second kappa shape index (κ2) is 10.00. The number of carbonyl (C=O) groups excluding carboxylic acids is 2. The van der Waals surface area contributed by atoms with Crippen molar-refractivity contribution in [2.45, 2.75) is 19.9 Å². The molecule has 0 spiro atoms. The van der Waals surface area contributed by atoms with E-state index in [1.54, 1.807) is 56.5 Å². The molecular formula is C24H24ClN3O3. The van der Waals surface area contributed by atoms with E-state index < -0.39 is 6.04 Å². The van der Waals surface area contributed by atoms with Crippen LogP contribution in [0.2, 0.25) is 5.02 Å². The molecular weight excluding hydrogens is 414 g/mol. The fraction of sp³-hybridized carbons (Fsp3) is 0.167. The van der Waals surface area contributed by atoms with Crippen LogP contribution in [0.1, 0.15) is 22.8 Å². The third-order valence-electron chi connectivity index (χ3n) is 4.80. The fourth-order valence-corrected chi connectivity index (χ4v) is 3.14. The summed E-state index contributed by atoms with van der Waals surface area (Å²) in [6.07, 6.45) is 0. The van der Waals surface area contributed by atoms with Crippen LogP contribution in [0.15, 0.2) is 66.7 Å². The van der Waals surface area contributed by atoms with Gasteiger partial charge in [-0.1, -0.05) is 29.8 Å². The van der Waals surface area contributed by atoms with E-state index in [9.17, 15) is 9.59 Å². The topological polar surface area (TPSA) is 79.5 Å². The van der Waals surface area contributed by atoms with Gasteiger partial charge in [-0.2, -0.15) is 0 Å². The van der Waals surface area contributed by atoms with Crippen LogP contribution in [0.5, 0.6) is 5.75 Å². The molecule has 0 aliphatic rings. The average Bonchev–Trinajstić information content (AvgIpc) is 2.77. The highest BCUT2D eigenvalue weighted by atomic mass is 35.5. The predicted molar refractivity (Wildman–Crippen MR) is 125 cm³/mol. The Bertz CT molecular complexity index is 1080. The molecule has 0 aliphatic carbocycles. The van der Waals surface area contributed by atoms with Gasteiger partial charge in [-0.05, 0) is 67.9 Å². The van der Waals surface area contributed by atoms with Crippen molar-refractivity contribution in [3.8, 4) is 5.75 Å². The number of hydrogen-bond acceptors (Lipinski definition) is 4. The van der Waals surface area contributed by atoms with Gasteiger partial charge in [-0.25, -0.2) is 0 Å². The molecule has 7 heteroatoms. The number of halogens is 1. The number of rotatable bonds is 7.